The fraction of sp³-hybridized carbons (Fsp3) is 0.737. The lowest BCUT2D eigenvalue weighted by Gasteiger charge is -2.36. The number of hydrogen-bond acceptors (Lipinski definition) is 5. The van der Waals surface area contributed by atoms with E-state index in [9.17, 15) is 9.59 Å². The predicted octanol–water partition coefficient (Wildman–Crippen LogP) is 0.106. The number of aryl methyl sites for hydroxylation is 1. The van der Waals surface area contributed by atoms with E-state index in [1.165, 1.54) is 0 Å². The fourth-order valence-electron chi connectivity index (χ4n) is 4.63. The van der Waals surface area contributed by atoms with Gasteiger partial charge in [0.05, 0.1) is 24.0 Å². The van der Waals surface area contributed by atoms with Gasteiger partial charge in [0.2, 0.25) is 11.8 Å². The van der Waals surface area contributed by atoms with Crippen molar-refractivity contribution in [2.24, 2.45) is 13.0 Å². The van der Waals surface area contributed by atoms with E-state index in [0.29, 0.717) is 12.5 Å². The van der Waals surface area contributed by atoms with Crippen LogP contribution in [0, 0.1) is 5.92 Å². The zero-order chi connectivity index (χ0) is 18.8. The number of carbonyl (C=O) groups excluding carboxylic acids is 2. The van der Waals surface area contributed by atoms with Crippen LogP contribution in [-0.4, -0.2) is 71.3 Å². The van der Waals surface area contributed by atoms with E-state index in [1.807, 2.05) is 18.1 Å². The molecule has 3 aliphatic rings. The van der Waals surface area contributed by atoms with Crippen LogP contribution in [0.15, 0.2) is 12.4 Å². The highest BCUT2D eigenvalue weighted by Gasteiger charge is 2.38. The summed E-state index contributed by atoms with van der Waals surface area (Å²) < 4.78 is 1.73. The first-order valence-corrected chi connectivity index (χ1v) is 10.2. The molecular formula is C19H30N6O2. The average Bonchev–Trinajstić information content (AvgIpc) is 3.41. The second-order valence-electron chi connectivity index (χ2n) is 8.06. The highest BCUT2D eigenvalue weighted by Crippen LogP contribution is 2.27. The molecule has 0 spiro atoms. The van der Waals surface area contributed by atoms with Gasteiger partial charge in [-0.3, -0.25) is 19.2 Å². The van der Waals surface area contributed by atoms with Gasteiger partial charge in [-0.2, -0.15) is 5.10 Å². The van der Waals surface area contributed by atoms with Crippen LogP contribution in [-0.2, 0) is 16.6 Å². The Labute approximate surface area is 160 Å². The molecule has 0 saturated carbocycles. The Kier molecular flexibility index (Phi) is 5.45. The van der Waals surface area contributed by atoms with Crippen LogP contribution in [0.2, 0.25) is 0 Å². The lowest BCUT2D eigenvalue weighted by Crippen LogP contribution is -2.49. The normalized spacial score (nSPS) is 29.4. The maximum absolute atomic E-state index is 12.9. The molecular weight excluding hydrogens is 344 g/mol. The van der Waals surface area contributed by atoms with Crippen LogP contribution < -0.4 is 15.5 Å². The largest absolute Gasteiger partial charge is 0.354 e. The molecule has 1 aromatic heterocycles. The Balaban J connectivity index is 1.30. The second-order valence-corrected chi connectivity index (χ2v) is 8.06. The van der Waals surface area contributed by atoms with E-state index in [1.54, 1.807) is 10.9 Å². The lowest BCUT2D eigenvalue weighted by molar-refractivity contribution is -0.124. The van der Waals surface area contributed by atoms with E-state index in [0.717, 1.165) is 64.0 Å². The molecule has 1 aromatic rings. The summed E-state index contributed by atoms with van der Waals surface area (Å²) in [5.41, 5.74) is 0.884. The maximum Gasteiger partial charge on any atom is 0.244 e. The van der Waals surface area contributed by atoms with Gasteiger partial charge in [-0.05, 0) is 51.1 Å². The van der Waals surface area contributed by atoms with E-state index in [-0.39, 0.29) is 23.9 Å². The van der Waals surface area contributed by atoms with E-state index >= 15 is 0 Å². The Morgan fingerprint density at radius 2 is 2.19 bits per heavy atom. The summed E-state index contributed by atoms with van der Waals surface area (Å²) in [4.78, 5) is 29.3. The Morgan fingerprint density at radius 3 is 2.93 bits per heavy atom. The van der Waals surface area contributed by atoms with Crippen molar-refractivity contribution in [1.29, 1.82) is 0 Å². The second kappa shape index (κ2) is 7.98. The number of aromatic nitrogens is 2. The molecule has 3 fully saturated rings. The molecule has 3 saturated heterocycles. The molecule has 148 valence electrons. The summed E-state index contributed by atoms with van der Waals surface area (Å²) in [6, 6.07) is -0.0608. The van der Waals surface area contributed by atoms with Gasteiger partial charge in [0, 0.05) is 32.9 Å². The van der Waals surface area contributed by atoms with Crippen LogP contribution >= 0.6 is 0 Å². The molecule has 2 N–H and O–H groups in total. The van der Waals surface area contributed by atoms with Crippen LogP contribution in [0.1, 0.15) is 32.1 Å². The molecule has 0 radical (unpaired) electrons. The number of carbonyl (C=O) groups is 2. The van der Waals surface area contributed by atoms with E-state index < -0.39 is 0 Å². The molecule has 27 heavy (non-hydrogen) atoms. The van der Waals surface area contributed by atoms with Crippen LogP contribution in [0.4, 0.5) is 5.69 Å². The Hall–Kier alpha value is -1.93. The van der Waals surface area contributed by atoms with Crippen molar-refractivity contribution >= 4 is 17.5 Å². The summed E-state index contributed by atoms with van der Waals surface area (Å²) in [7, 11) is 1.87. The first kappa shape index (κ1) is 18.4. The molecule has 2 amide bonds. The summed E-state index contributed by atoms with van der Waals surface area (Å²) in [6.45, 7) is 4.25. The van der Waals surface area contributed by atoms with Gasteiger partial charge in [-0.25, -0.2) is 0 Å². The highest BCUT2D eigenvalue weighted by molar-refractivity contribution is 5.99. The number of hydrogen-bond donors (Lipinski definition) is 2. The van der Waals surface area contributed by atoms with Crippen LogP contribution in [0.25, 0.3) is 0 Å². The Bertz CT molecular complexity index is 683. The number of nitrogens with zero attached hydrogens (tertiary/aromatic N) is 4. The third-order valence-electron chi connectivity index (χ3n) is 6.11. The van der Waals surface area contributed by atoms with Crippen molar-refractivity contribution in [3.8, 4) is 0 Å². The average molecular weight is 374 g/mol. The summed E-state index contributed by atoms with van der Waals surface area (Å²) >= 11 is 0. The zero-order valence-electron chi connectivity index (χ0n) is 16.1. The van der Waals surface area contributed by atoms with Crippen molar-refractivity contribution in [3.05, 3.63) is 12.4 Å². The van der Waals surface area contributed by atoms with Gasteiger partial charge in [0.15, 0.2) is 0 Å². The lowest BCUT2D eigenvalue weighted by atomic mass is 9.96. The quantitative estimate of drug-likeness (QED) is 0.764. The van der Waals surface area contributed by atoms with Gasteiger partial charge in [0.25, 0.3) is 0 Å². The van der Waals surface area contributed by atoms with E-state index in [2.05, 4.69) is 20.6 Å². The summed E-state index contributed by atoms with van der Waals surface area (Å²) in [5, 5.41) is 10.5. The number of anilines is 1. The molecule has 0 aromatic carbocycles. The minimum atomic E-state index is -0.0415. The molecule has 8 heteroatoms. The predicted molar refractivity (Wildman–Crippen MR) is 102 cm³/mol. The van der Waals surface area contributed by atoms with Crippen molar-refractivity contribution in [1.82, 2.24) is 25.3 Å². The molecule has 3 atom stereocenters. The smallest absolute Gasteiger partial charge is 0.244 e. The summed E-state index contributed by atoms with van der Waals surface area (Å²) in [5.74, 6) is 0.733. The minimum Gasteiger partial charge on any atom is -0.354 e. The van der Waals surface area contributed by atoms with Crippen molar-refractivity contribution in [3.63, 3.8) is 0 Å². The number of likely N-dealkylation sites (tertiary alicyclic amines) is 1. The summed E-state index contributed by atoms with van der Waals surface area (Å²) in [6.07, 6.45) is 8.72. The molecule has 3 unspecified atom stereocenters. The van der Waals surface area contributed by atoms with Gasteiger partial charge < -0.3 is 15.5 Å². The van der Waals surface area contributed by atoms with Gasteiger partial charge >= 0.3 is 0 Å². The minimum absolute atomic E-state index is 0.0193. The molecule has 4 heterocycles. The van der Waals surface area contributed by atoms with Crippen molar-refractivity contribution in [2.75, 3.05) is 37.6 Å². The van der Waals surface area contributed by atoms with Crippen LogP contribution in [0.3, 0.4) is 0 Å². The first-order chi connectivity index (χ1) is 13.1. The first-order valence-electron chi connectivity index (χ1n) is 10.2. The van der Waals surface area contributed by atoms with Crippen molar-refractivity contribution < 1.29 is 9.59 Å². The topological polar surface area (TPSA) is 82.5 Å². The SMILES string of the molecule is Cn1cc(N2CCC(N3CCCC(CNC(=O)C4CCCN4)C3)C2=O)cn1. The highest BCUT2D eigenvalue weighted by atomic mass is 16.2. The zero-order valence-corrected chi connectivity index (χ0v) is 16.1. The van der Waals surface area contributed by atoms with Gasteiger partial charge in [-0.1, -0.05) is 0 Å². The third kappa shape index (κ3) is 4.01. The maximum atomic E-state index is 12.9. The van der Waals surface area contributed by atoms with Gasteiger partial charge in [0.1, 0.15) is 0 Å². The van der Waals surface area contributed by atoms with Crippen LogP contribution in [0.5, 0.6) is 0 Å². The number of amides is 2. The number of piperidine rings is 1. The third-order valence-corrected chi connectivity index (χ3v) is 6.11. The Morgan fingerprint density at radius 1 is 1.30 bits per heavy atom. The monoisotopic (exact) mass is 374 g/mol. The standard InChI is InChI=1S/C19H30N6O2/c1-23-13-15(11-22-23)25-9-6-17(19(25)27)24-8-3-4-14(12-24)10-21-18(26)16-5-2-7-20-16/h11,13-14,16-17,20H,2-10,12H2,1H3,(H,21,26). The number of rotatable bonds is 5. The molecule has 3 aliphatic heterocycles. The molecule has 0 aliphatic carbocycles. The molecule has 0 bridgehead atoms. The molecule has 4 rings (SSSR count). The fourth-order valence-corrected chi connectivity index (χ4v) is 4.63. The van der Waals surface area contributed by atoms with Crippen molar-refractivity contribution in [2.45, 2.75) is 44.2 Å². The molecule has 8 nitrogen and oxygen atoms in total. The van der Waals surface area contributed by atoms with Gasteiger partial charge in [-0.15, -0.1) is 0 Å². The van der Waals surface area contributed by atoms with E-state index in [4.69, 9.17) is 0 Å². The number of nitrogens with one attached hydrogen (secondary N) is 2.